The molecular formula is C27H28BrNO4. The van der Waals surface area contributed by atoms with E-state index in [1.165, 1.54) is 0 Å². The number of allylic oxidation sites excluding steroid dienone is 3. The third-order valence-corrected chi connectivity index (χ3v) is 6.80. The van der Waals surface area contributed by atoms with Gasteiger partial charge in [-0.3, -0.25) is 4.79 Å². The van der Waals surface area contributed by atoms with Crippen LogP contribution >= 0.6 is 15.9 Å². The molecule has 0 amide bonds. The molecule has 1 aliphatic heterocycles. The number of esters is 1. The molecule has 2 aromatic rings. The van der Waals surface area contributed by atoms with Crippen LogP contribution < -0.4 is 10.1 Å². The van der Waals surface area contributed by atoms with Crippen molar-refractivity contribution in [3.63, 3.8) is 0 Å². The monoisotopic (exact) mass is 509 g/mol. The molecular weight excluding hydrogens is 482 g/mol. The van der Waals surface area contributed by atoms with Crippen molar-refractivity contribution in [2.75, 3.05) is 7.11 Å². The van der Waals surface area contributed by atoms with Gasteiger partial charge in [-0.2, -0.15) is 0 Å². The summed E-state index contributed by atoms with van der Waals surface area (Å²) in [7, 11) is 1.61. The maximum Gasteiger partial charge on any atom is 0.337 e. The van der Waals surface area contributed by atoms with E-state index in [9.17, 15) is 9.59 Å². The molecule has 6 heteroatoms. The predicted octanol–water partition coefficient (Wildman–Crippen LogP) is 5.81. The first kappa shape index (κ1) is 23.3. The van der Waals surface area contributed by atoms with Gasteiger partial charge in [0.05, 0.1) is 17.2 Å². The fourth-order valence-electron chi connectivity index (χ4n) is 4.70. The van der Waals surface area contributed by atoms with Crippen LogP contribution in [0.4, 0.5) is 0 Å². The van der Waals surface area contributed by atoms with Gasteiger partial charge in [-0.05, 0) is 57.9 Å². The van der Waals surface area contributed by atoms with E-state index in [-0.39, 0.29) is 17.8 Å². The second-order valence-corrected chi connectivity index (χ2v) is 10.2. The molecule has 1 heterocycles. The van der Waals surface area contributed by atoms with E-state index in [1.54, 1.807) is 7.11 Å². The first-order valence-electron chi connectivity index (χ1n) is 11.0. The summed E-state index contributed by atoms with van der Waals surface area (Å²) in [5, 5.41) is 3.37. The van der Waals surface area contributed by atoms with E-state index < -0.39 is 11.9 Å². The van der Waals surface area contributed by atoms with E-state index >= 15 is 0 Å². The standard InChI is InChI=1S/C27H28BrNO4/c1-16-23(26(31)33-15-17-8-6-5-7-9-17)24(18-10-11-22(32-4)19(28)12-18)25-20(29-16)13-27(2,3)14-21(25)30/h5-12,24,29H,13-15H2,1-4H3. The lowest BCUT2D eigenvalue weighted by Gasteiger charge is -2.39. The molecule has 4 rings (SSSR count). The first-order chi connectivity index (χ1) is 15.7. The molecule has 2 aromatic carbocycles. The Labute approximate surface area is 203 Å². The fourth-order valence-corrected chi connectivity index (χ4v) is 5.26. The third-order valence-electron chi connectivity index (χ3n) is 6.18. The van der Waals surface area contributed by atoms with Crippen LogP contribution in [0.5, 0.6) is 5.75 Å². The van der Waals surface area contributed by atoms with Crippen molar-refractivity contribution < 1.29 is 19.1 Å². The highest BCUT2D eigenvalue weighted by Crippen LogP contribution is 2.47. The largest absolute Gasteiger partial charge is 0.496 e. The van der Waals surface area contributed by atoms with Gasteiger partial charge in [0.15, 0.2) is 5.78 Å². The zero-order valence-corrected chi connectivity index (χ0v) is 20.9. The highest BCUT2D eigenvalue weighted by molar-refractivity contribution is 9.10. The Balaban J connectivity index is 1.76. The fraction of sp³-hybridized carbons (Fsp3) is 0.333. The molecule has 33 heavy (non-hydrogen) atoms. The van der Waals surface area contributed by atoms with E-state index in [1.807, 2.05) is 55.5 Å². The highest BCUT2D eigenvalue weighted by Gasteiger charge is 2.43. The number of rotatable bonds is 5. The van der Waals surface area contributed by atoms with E-state index in [0.29, 0.717) is 29.0 Å². The Morgan fingerprint density at radius 2 is 1.88 bits per heavy atom. The second kappa shape index (κ2) is 9.18. The van der Waals surface area contributed by atoms with Crippen molar-refractivity contribution in [1.82, 2.24) is 5.32 Å². The molecule has 5 nitrogen and oxygen atoms in total. The van der Waals surface area contributed by atoms with Crippen molar-refractivity contribution in [1.29, 1.82) is 0 Å². The first-order valence-corrected chi connectivity index (χ1v) is 11.8. The van der Waals surface area contributed by atoms with E-state index in [2.05, 4.69) is 35.1 Å². The number of ether oxygens (including phenoxy) is 2. The minimum Gasteiger partial charge on any atom is -0.496 e. The Morgan fingerprint density at radius 3 is 2.55 bits per heavy atom. The number of carbonyl (C=O) groups excluding carboxylic acids is 2. The summed E-state index contributed by atoms with van der Waals surface area (Å²) in [6.45, 7) is 6.24. The summed E-state index contributed by atoms with van der Waals surface area (Å²) in [6, 6.07) is 15.3. The number of hydrogen-bond acceptors (Lipinski definition) is 5. The maximum absolute atomic E-state index is 13.4. The number of methoxy groups -OCH3 is 1. The number of dihydropyridines is 1. The SMILES string of the molecule is COc1ccc(C2C(C(=O)OCc3ccccc3)=C(C)NC3=C2C(=O)CC(C)(C)C3)cc1Br. The summed E-state index contributed by atoms with van der Waals surface area (Å²) < 4.78 is 11.9. The van der Waals surface area contributed by atoms with Gasteiger partial charge in [0.2, 0.25) is 0 Å². The summed E-state index contributed by atoms with van der Waals surface area (Å²) in [5.74, 6) is -0.182. The molecule has 0 saturated carbocycles. The Morgan fingerprint density at radius 1 is 1.15 bits per heavy atom. The van der Waals surface area contributed by atoms with Crippen LogP contribution in [0.15, 0.2) is 75.5 Å². The molecule has 1 atom stereocenters. The summed E-state index contributed by atoms with van der Waals surface area (Å²) in [5.41, 5.74) is 4.35. The van der Waals surface area contributed by atoms with E-state index in [0.717, 1.165) is 27.7 Å². The number of Topliss-reactive ketones (excluding diaryl/α,β-unsaturated/α-hetero) is 1. The molecule has 1 N–H and O–H groups in total. The Kier molecular flexibility index (Phi) is 6.48. The van der Waals surface area contributed by atoms with Crippen LogP contribution in [0.3, 0.4) is 0 Å². The van der Waals surface area contributed by atoms with Crippen LogP contribution in [0.25, 0.3) is 0 Å². The molecule has 0 aromatic heterocycles. The van der Waals surface area contributed by atoms with Gasteiger partial charge >= 0.3 is 5.97 Å². The number of benzene rings is 2. The van der Waals surface area contributed by atoms with Crippen molar-refractivity contribution >= 4 is 27.7 Å². The van der Waals surface area contributed by atoms with Crippen LogP contribution in [-0.4, -0.2) is 18.9 Å². The zero-order chi connectivity index (χ0) is 23.8. The van der Waals surface area contributed by atoms with Crippen molar-refractivity contribution in [2.24, 2.45) is 5.41 Å². The second-order valence-electron chi connectivity index (χ2n) is 9.39. The van der Waals surface area contributed by atoms with Gasteiger partial charge in [-0.25, -0.2) is 4.79 Å². The van der Waals surface area contributed by atoms with Gasteiger partial charge in [-0.1, -0.05) is 50.2 Å². The summed E-state index contributed by atoms with van der Waals surface area (Å²) in [6.07, 6.45) is 1.18. The molecule has 0 saturated heterocycles. The molecule has 0 spiro atoms. The molecule has 2 aliphatic rings. The molecule has 0 bridgehead atoms. The normalized spacial score (nSPS) is 19.7. The molecule has 1 aliphatic carbocycles. The highest BCUT2D eigenvalue weighted by atomic mass is 79.9. The molecule has 1 unspecified atom stereocenters. The lowest BCUT2D eigenvalue weighted by molar-refractivity contribution is -0.140. The van der Waals surface area contributed by atoms with Gasteiger partial charge in [0, 0.05) is 29.3 Å². The minimum atomic E-state index is -0.504. The number of carbonyl (C=O) groups is 2. The van der Waals surface area contributed by atoms with E-state index in [4.69, 9.17) is 9.47 Å². The Bertz CT molecular complexity index is 1160. The van der Waals surface area contributed by atoms with Gasteiger partial charge in [0.1, 0.15) is 12.4 Å². The average molecular weight is 510 g/mol. The van der Waals surface area contributed by atoms with Gasteiger partial charge < -0.3 is 14.8 Å². The van der Waals surface area contributed by atoms with Crippen LogP contribution in [0.1, 0.15) is 50.7 Å². The lowest BCUT2D eigenvalue weighted by atomic mass is 9.68. The third kappa shape index (κ3) is 4.76. The summed E-state index contributed by atoms with van der Waals surface area (Å²) >= 11 is 3.55. The minimum absolute atomic E-state index is 0.0616. The van der Waals surface area contributed by atoms with Crippen LogP contribution in [0.2, 0.25) is 0 Å². The maximum atomic E-state index is 13.4. The molecule has 0 radical (unpaired) electrons. The average Bonchev–Trinajstić information content (AvgIpc) is 2.76. The predicted molar refractivity (Wildman–Crippen MR) is 131 cm³/mol. The quantitative estimate of drug-likeness (QED) is 0.515. The number of hydrogen-bond donors (Lipinski definition) is 1. The molecule has 0 fully saturated rings. The number of nitrogens with one attached hydrogen (secondary N) is 1. The number of halogens is 1. The van der Waals surface area contributed by atoms with Gasteiger partial charge in [0.25, 0.3) is 0 Å². The molecule has 172 valence electrons. The smallest absolute Gasteiger partial charge is 0.337 e. The van der Waals surface area contributed by atoms with Crippen LogP contribution in [-0.2, 0) is 20.9 Å². The van der Waals surface area contributed by atoms with Gasteiger partial charge in [-0.15, -0.1) is 0 Å². The number of ketones is 1. The van der Waals surface area contributed by atoms with Crippen molar-refractivity contribution in [3.05, 3.63) is 86.7 Å². The van der Waals surface area contributed by atoms with Crippen molar-refractivity contribution in [3.8, 4) is 5.75 Å². The topological polar surface area (TPSA) is 64.6 Å². The summed E-state index contributed by atoms with van der Waals surface area (Å²) in [4.78, 5) is 26.8. The lowest BCUT2D eigenvalue weighted by Crippen LogP contribution is -2.38. The zero-order valence-electron chi connectivity index (χ0n) is 19.3. The van der Waals surface area contributed by atoms with Crippen LogP contribution in [0, 0.1) is 5.41 Å². The Hall–Kier alpha value is -2.86. The van der Waals surface area contributed by atoms with Crippen molar-refractivity contribution in [2.45, 2.75) is 46.1 Å².